The van der Waals surface area contributed by atoms with Crippen molar-refractivity contribution in [3.63, 3.8) is 0 Å². The second kappa shape index (κ2) is 6.55. The number of rotatable bonds is 3. The molecule has 0 unspecified atom stereocenters. The molecule has 1 aromatic heterocycles. The third kappa shape index (κ3) is 2.77. The minimum atomic E-state index is -0.899. The van der Waals surface area contributed by atoms with E-state index >= 15 is 0 Å². The summed E-state index contributed by atoms with van der Waals surface area (Å²) in [4.78, 5) is 30.5. The summed E-state index contributed by atoms with van der Waals surface area (Å²) in [6.07, 6.45) is 7.74. The standard InChI is InChI=1S/C19H22N4O3/c1-12-8-14(6-7-15(12)22-11-20-10-21-22)18(24)23-16-5-3-2-4-13(16)9-17(23)19(25)26/h6-8,10-11,13,16-17H,2-5,9H2,1H3,(H,25,26)/t13-,16-,17-/m0/s1. The number of likely N-dealkylation sites (tertiary alicyclic amines) is 1. The molecule has 2 aromatic rings. The number of hydrogen-bond acceptors (Lipinski definition) is 4. The fourth-order valence-corrected chi connectivity index (χ4v) is 4.50. The minimum Gasteiger partial charge on any atom is -0.480 e. The minimum absolute atomic E-state index is 0.0487. The largest absolute Gasteiger partial charge is 0.480 e. The highest BCUT2D eigenvalue weighted by molar-refractivity contribution is 5.97. The summed E-state index contributed by atoms with van der Waals surface area (Å²) in [7, 11) is 0. The van der Waals surface area contributed by atoms with Crippen LogP contribution in [0.15, 0.2) is 30.9 Å². The smallest absolute Gasteiger partial charge is 0.326 e. The average molecular weight is 354 g/mol. The topological polar surface area (TPSA) is 88.3 Å². The summed E-state index contributed by atoms with van der Waals surface area (Å²) in [5, 5.41) is 13.8. The third-order valence-electron chi connectivity index (χ3n) is 5.72. The van der Waals surface area contributed by atoms with Gasteiger partial charge in [0, 0.05) is 11.6 Å². The number of fused-ring (bicyclic) bond motifs is 1. The van der Waals surface area contributed by atoms with Gasteiger partial charge in [-0.2, -0.15) is 5.10 Å². The molecule has 1 saturated carbocycles. The normalized spacial score (nSPS) is 25.1. The van der Waals surface area contributed by atoms with Crippen LogP contribution in [0.5, 0.6) is 0 Å². The molecule has 136 valence electrons. The lowest BCUT2D eigenvalue weighted by molar-refractivity contribution is -0.141. The van der Waals surface area contributed by atoms with Crippen molar-refractivity contribution in [2.24, 2.45) is 5.92 Å². The molecule has 1 N–H and O–H groups in total. The van der Waals surface area contributed by atoms with E-state index in [0.29, 0.717) is 17.9 Å². The Morgan fingerprint density at radius 3 is 2.73 bits per heavy atom. The van der Waals surface area contributed by atoms with Gasteiger partial charge in [0.05, 0.1) is 5.69 Å². The van der Waals surface area contributed by atoms with Gasteiger partial charge in [-0.05, 0) is 55.9 Å². The maximum absolute atomic E-state index is 13.2. The zero-order valence-electron chi connectivity index (χ0n) is 14.7. The van der Waals surface area contributed by atoms with Crippen LogP contribution >= 0.6 is 0 Å². The predicted octanol–water partition coefficient (Wildman–Crippen LogP) is 2.43. The van der Waals surface area contributed by atoms with Gasteiger partial charge in [-0.15, -0.1) is 0 Å². The quantitative estimate of drug-likeness (QED) is 0.914. The molecule has 2 fully saturated rings. The number of hydrogen-bond donors (Lipinski definition) is 1. The van der Waals surface area contributed by atoms with Crippen molar-refractivity contribution >= 4 is 11.9 Å². The zero-order chi connectivity index (χ0) is 18.3. The van der Waals surface area contributed by atoms with Crippen LogP contribution in [0.3, 0.4) is 0 Å². The molecule has 7 nitrogen and oxygen atoms in total. The maximum Gasteiger partial charge on any atom is 0.326 e. The van der Waals surface area contributed by atoms with E-state index in [0.717, 1.165) is 36.9 Å². The van der Waals surface area contributed by atoms with E-state index in [-0.39, 0.29) is 11.9 Å². The van der Waals surface area contributed by atoms with Crippen molar-refractivity contribution in [2.75, 3.05) is 0 Å². The molecule has 0 bridgehead atoms. The Morgan fingerprint density at radius 2 is 2.04 bits per heavy atom. The first-order chi connectivity index (χ1) is 12.6. The highest BCUT2D eigenvalue weighted by Gasteiger charge is 2.47. The number of nitrogens with zero attached hydrogens (tertiary/aromatic N) is 4. The molecule has 1 aromatic carbocycles. The number of aromatic nitrogens is 3. The average Bonchev–Trinajstić information content (AvgIpc) is 3.28. The van der Waals surface area contributed by atoms with Gasteiger partial charge in [-0.3, -0.25) is 4.79 Å². The van der Waals surface area contributed by atoms with Crippen molar-refractivity contribution < 1.29 is 14.7 Å². The Kier molecular flexibility index (Phi) is 4.22. The maximum atomic E-state index is 13.2. The van der Waals surface area contributed by atoms with Gasteiger partial charge in [0.15, 0.2) is 0 Å². The van der Waals surface area contributed by atoms with E-state index in [1.54, 1.807) is 22.0 Å². The van der Waals surface area contributed by atoms with Crippen LogP contribution < -0.4 is 0 Å². The summed E-state index contributed by atoms with van der Waals surface area (Å²) in [5.74, 6) is -0.770. The zero-order valence-corrected chi connectivity index (χ0v) is 14.7. The predicted molar refractivity (Wildman–Crippen MR) is 94.1 cm³/mol. The van der Waals surface area contributed by atoms with E-state index in [4.69, 9.17) is 0 Å². The number of carboxylic acids is 1. The molecule has 4 rings (SSSR count). The lowest BCUT2D eigenvalue weighted by Gasteiger charge is -2.33. The summed E-state index contributed by atoms with van der Waals surface area (Å²) in [6, 6.07) is 4.73. The number of benzene rings is 1. The molecular formula is C19H22N4O3. The fourth-order valence-electron chi connectivity index (χ4n) is 4.50. The van der Waals surface area contributed by atoms with Crippen LogP contribution in [-0.2, 0) is 4.79 Å². The summed E-state index contributed by atoms with van der Waals surface area (Å²) in [6.45, 7) is 1.91. The summed E-state index contributed by atoms with van der Waals surface area (Å²) >= 11 is 0. The molecule has 26 heavy (non-hydrogen) atoms. The molecular weight excluding hydrogens is 332 g/mol. The van der Waals surface area contributed by atoms with Crippen molar-refractivity contribution in [3.05, 3.63) is 42.0 Å². The highest BCUT2D eigenvalue weighted by Crippen LogP contribution is 2.40. The molecule has 1 saturated heterocycles. The molecule has 1 aliphatic carbocycles. The Bertz CT molecular complexity index is 833. The number of carbonyl (C=O) groups excluding carboxylic acids is 1. The van der Waals surface area contributed by atoms with Gasteiger partial charge < -0.3 is 10.0 Å². The van der Waals surface area contributed by atoms with E-state index in [2.05, 4.69) is 10.1 Å². The monoisotopic (exact) mass is 354 g/mol. The number of carbonyl (C=O) groups is 2. The van der Waals surface area contributed by atoms with Crippen molar-refractivity contribution in [3.8, 4) is 5.69 Å². The Hall–Kier alpha value is -2.70. The lowest BCUT2D eigenvalue weighted by Crippen LogP contribution is -2.46. The Labute approximate surface area is 151 Å². The van der Waals surface area contributed by atoms with Crippen LogP contribution in [0, 0.1) is 12.8 Å². The summed E-state index contributed by atoms with van der Waals surface area (Å²) < 4.78 is 1.65. The van der Waals surface area contributed by atoms with Crippen molar-refractivity contribution in [1.29, 1.82) is 0 Å². The molecule has 1 aliphatic heterocycles. The first-order valence-electron chi connectivity index (χ1n) is 9.07. The lowest BCUT2D eigenvalue weighted by atomic mass is 9.84. The Morgan fingerprint density at radius 1 is 1.23 bits per heavy atom. The highest BCUT2D eigenvalue weighted by atomic mass is 16.4. The van der Waals surface area contributed by atoms with E-state index < -0.39 is 12.0 Å². The van der Waals surface area contributed by atoms with Crippen LogP contribution in [0.1, 0.15) is 48.0 Å². The van der Waals surface area contributed by atoms with Crippen molar-refractivity contribution in [1.82, 2.24) is 19.7 Å². The third-order valence-corrected chi connectivity index (χ3v) is 5.72. The summed E-state index contributed by atoms with van der Waals surface area (Å²) in [5.41, 5.74) is 2.28. The molecule has 1 amide bonds. The number of amides is 1. The molecule has 2 heterocycles. The van der Waals surface area contributed by atoms with Gasteiger partial charge >= 0.3 is 5.97 Å². The first kappa shape index (κ1) is 16.8. The van der Waals surface area contributed by atoms with E-state index in [1.807, 2.05) is 19.1 Å². The SMILES string of the molecule is Cc1cc(C(=O)N2[C@H](C(=O)O)C[C@@H]3CCCC[C@@H]32)ccc1-n1cncn1. The molecule has 0 radical (unpaired) electrons. The fraction of sp³-hybridized carbons (Fsp3) is 0.474. The van der Waals surface area contributed by atoms with E-state index in [9.17, 15) is 14.7 Å². The second-order valence-corrected chi connectivity index (χ2v) is 7.26. The van der Waals surface area contributed by atoms with Crippen LogP contribution in [-0.4, -0.2) is 48.7 Å². The van der Waals surface area contributed by atoms with Crippen LogP contribution in [0.25, 0.3) is 5.69 Å². The molecule has 3 atom stereocenters. The number of aliphatic carboxylic acids is 1. The number of carboxylic acid groups (broad SMARTS) is 1. The van der Waals surface area contributed by atoms with Gasteiger partial charge in [0.2, 0.25) is 0 Å². The molecule has 0 spiro atoms. The van der Waals surface area contributed by atoms with E-state index in [1.165, 1.54) is 6.33 Å². The second-order valence-electron chi connectivity index (χ2n) is 7.26. The first-order valence-corrected chi connectivity index (χ1v) is 9.07. The molecule has 7 heteroatoms. The Balaban J connectivity index is 1.65. The van der Waals surface area contributed by atoms with Crippen molar-refractivity contribution in [2.45, 2.75) is 51.1 Å². The number of aryl methyl sites for hydroxylation is 1. The van der Waals surface area contributed by atoms with Crippen LogP contribution in [0.4, 0.5) is 0 Å². The molecule has 2 aliphatic rings. The van der Waals surface area contributed by atoms with Crippen LogP contribution in [0.2, 0.25) is 0 Å². The van der Waals surface area contributed by atoms with Gasteiger partial charge in [0.25, 0.3) is 5.91 Å². The van der Waals surface area contributed by atoms with Gasteiger partial charge in [-0.25, -0.2) is 14.5 Å². The van der Waals surface area contributed by atoms with Gasteiger partial charge in [0.1, 0.15) is 18.7 Å². The van der Waals surface area contributed by atoms with Gasteiger partial charge in [-0.1, -0.05) is 12.8 Å².